The zero-order valence-corrected chi connectivity index (χ0v) is 10.9. The Balaban J connectivity index is 1.95. The number of hydrogen-bond acceptors (Lipinski definition) is 5. The highest BCUT2D eigenvalue weighted by atomic mass is 35.5. The van der Waals surface area contributed by atoms with Crippen molar-refractivity contribution in [3.05, 3.63) is 41.3 Å². The third kappa shape index (κ3) is 2.75. The van der Waals surface area contributed by atoms with Crippen LogP contribution in [0.1, 0.15) is 5.69 Å². The SMILES string of the molecule is FC(F)(F)c1ccc2c(Nc3ccc(Cl)nc3)noc2n1. The lowest BCUT2D eigenvalue weighted by Crippen LogP contribution is -2.07. The van der Waals surface area contributed by atoms with Gasteiger partial charge >= 0.3 is 6.18 Å². The largest absolute Gasteiger partial charge is 0.433 e. The molecule has 0 atom stereocenters. The van der Waals surface area contributed by atoms with Crippen molar-refractivity contribution >= 4 is 34.2 Å². The van der Waals surface area contributed by atoms with E-state index in [9.17, 15) is 13.2 Å². The zero-order chi connectivity index (χ0) is 15.0. The highest BCUT2D eigenvalue weighted by Crippen LogP contribution is 2.31. The van der Waals surface area contributed by atoms with Crippen molar-refractivity contribution in [3.8, 4) is 0 Å². The number of anilines is 2. The summed E-state index contributed by atoms with van der Waals surface area (Å²) in [7, 11) is 0. The molecule has 3 heterocycles. The number of rotatable bonds is 2. The van der Waals surface area contributed by atoms with Crippen LogP contribution in [-0.2, 0) is 6.18 Å². The van der Waals surface area contributed by atoms with Crippen molar-refractivity contribution in [2.24, 2.45) is 0 Å². The van der Waals surface area contributed by atoms with Crippen LogP contribution < -0.4 is 5.32 Å². The van der Waals surface area contributed by atoms with E-state index in [1.54, 1.807) is 12.1 Å². The lowest BCUT2D eigenvalue weighted by atomic mass is 10.3. The maximum Gasteiger partial charge on any atom is 0.433 e. The molecule has 21 heavy (non-hydrogen) atoms. The molecule has 0 bridgehead atoms. The van der Waals surface area contributed by atoms with E-state index >= 15 is 0 Å². The molecule has 1 N–H and O–H groups in total. The molecule has 0 aromatic carbocycles. The molecular weight excluding hydrogens is 309 g/mol. The Morgan fingerprint density at radius 2 is 1.95 bits per heavy atom. The van der Waals surface area contributed by atoms with Crippen LogP contribution in [0.25, 0.3) is 11.1 Å². The maximum atomic E-state index is 12.5. The number of halogens is 4. The average molecular weight is 315 g/mol. The average Bonchev–Trinajstić information content (AvgIpc) is 2.83. The predicted octanol–water partition coefficient (Wildman–Crippen LogP) is 4.03. The highest BCUT2D eigenvalue weighted by molar-refractivity contribution is 6.29. The van der Waals surface area contributed by atoms with Gasteiger partial charge in [0.25, 0.3) is 5.71 Å². The third-order valence-corrected chi connectivity index (χ3v) is 2.84. The van der Waals surface area contributed by atoms with Gasteiger partial charge in [-0.1, -0.05) is 16.8 Å². The number of fused-ring (bicyclic) bond motifs is 1. The van der Waals surface area contributed by atoms with Gasteiger partial charge in [-0.15, -0.1) is 0 Å². The Kier molecular flexibility index (Phi) is 3.17. The third-order valence-electron chi connectivity index (χ3n) is 2.62. The van der Waals surface area contributed by atoms with Crippen LogP contribution in [0.2, 0.25) is 5.15 Å². The Labute approximate surface area is 120 Å². The molecule has 0 aliphatic carbocycles. The second kappa shape index (κ2) is 4.88. The van der Waals surface area contributed by atoms with Gasteiger partial charge in [-0.05, 0) is 24.3 Å². The van der Waals surface area contributed by atoms with Gasteiger partial charge < -0.3 is 9.84 Å². The summed E-state index contributed by atoms with van der Waals surface area (Å²) in [6.07, 6.45) is -3.07. The first-order chi connectivity index (χ1) is 9.93. The smallest absolute Gasteiger partial charge is 0.336 e. The van der Waals surface area contributed by atoms with E-state index in [0.29, 0.717) is 16.2 Å². The number of hydrogen-bond donors (Lipinski definition) is 1. The first kappa shape index (κ1) is 13.6. The van der Waals surface area contributed by atoms with E-state index in [0.717, 1.165) is 6.07 Å². The van der Waals surface area contributed by atoms with Crippen molar-refractivity contribution < 1.29 is 17.7 Å². The standard InChI is InChI=1S/C12H6ClF3N4O/c13-9-4-1-6(5-17-9)18-10-7-2-3-8(12(14,15)16)19-11(7)21-20-10/h1-5H,(H,18,20). The number of aromatic nitrogens is 3. The molecule has 108 valence electrons. The normalized spacial score (nSPS) is 11.8. The summed E-state index contributed by atoms with van der Waals surface area (Å²) in [4.78, 5) is 7.26. The van der Waals surface area contributed by atoms with Gasteiger partial charge in [0.1, 0.15) is 10.8 Å². The molecule has 0 amide bonds. The van der Waals surface area contributed by atoms with Crippen LogP contribution in [-0.4, -0.2) is 15.1 Å². The summed E-state index contributed by atoms with van der Waals surface area (Å²) in [6, 6.07) is 5.32. The molecule has 0 unspecified atom stereocenters. The minimum absolute atomic E-state index is 0.200. The van der Waals surface area contributed by atoms with Gasteiger partial charge in [-0.3, -0.25) is 0 Å². The van der Waals surface area contributed by atoms with Gasteiger partial charge in [0, 0.05) is 0 Å². The Morgan fingerprint density at radius 1 is 1.14 bits per heavy atom. The molecule has 0 spiro atoms. The van der Waals surface area contributed by atoms with Crippen LogP contribution in [0.3, 0.4) is 0 Å². The quantitative estimate of drug-likeness (QED) is 0.723. The molecule has 0 fully saturated rings. The summed E-state index contributed by atoms with van der Waals surface area (Å²) in [6.45, 7) is 0. The van der Waals surface area contributed by atoms with Crippen LogP contribution in [0.5, 0.6) is 0 Å². The number of pyridine rings is 2. The van der Waals surface area contributed by atoms with Gasteiger partial charge in [0.05, 0.1) is 17.3 Å². The lowest BCUT2D eigenvalue weighted by Gasteiger charge is -2.04. The van der Waals surface area contributed by atoms with E-state index < -0.39 is 11.9 Å². The van der Waals surface area contributed by atoms with Crippen LogP contribution in [0, 0.1) is 0 Å². The maximum absolute atomic E-state index is 12.5. The first-order valence-corrected chi connectivity index (χ1v) is 6.03. The summed E-state index contributed by atoms with van der Waals surface area (Å²) in [5.41, 5.74) is -0.672. The van der Waals surface area contributed by atoms with Crippen LogP contribution in [0.4, 0.5) is 24.7 Å². The molecular formula is C12H6ClF3N4O. The molecule has 9 heteroatoms. The predicted molar refractivity (Wildman–Crippen MR) is 69.3 cm³/mol. The summed E-state index contributed by atoms with van der Waals surface area (Å²) in [5, 5.41) is 7.18. The first-order valence-electron chi connectivity index (χ1n) is 5.66. The van der Waals surface area contributed by atoms with E-state index in [-0.39, 0.29) is 11.5 Å². The van der Waals surface area contributed by atoms with Crippen molar-refractivity contribution in [2.75, 3.05) is 5.32 Å². The molecule has 0 saturated carbocycles. The van der Waals surface area contributed by atoms with Gasteiger partial charge in [0.15, 0.2) is 5.82 Å². The molecule has 0 saturated heterocycles. The van der Waals surface area contributed by atoms with Crippen molar-refractivity contribution in [2.45, 2.75) is 6.18 Å². The van der Waals surface area contributed by atoms with E-state index in [4.69, 9.17) is 16.1 Å². The molecule has 3 aromatic heterocycles. The monoisotopic (exact) mass is 314 g/mol. The highest BCUT2D eigenvalue weighted by Gasteiger charge is 2.33. The molecule has 3 rings (SSSR count). The fourth-order valence-electron chi connectivity index (χ4n) is 1.66. The van der Waals surface area contributed by atoms with Gasteiger partial charge in [-0.25, -0.2) is 9.97 Å². The van der Waals surface area contributed by atoms with Crippen molar-refractivity contribution in [1.29, 1.82) is 0 Å². The summed E-state index contributed by atoms with van der Waals surface area (Å²) >= 11 is 5.66. The number of nitrogens with one attached hydrogen (secondary N) is 1. The number of nitrogens with zero attached hydrogens (tertiary/aromatic N) is 3. The minimum atomic E-state index is -4.53. The second-order valence-electron chi connectivity index (χ2n) is 4.07. The van der Waals surface area contributed by atoms with E-state index in [1.807, 2.05) is 0 Å². The molecule has 0 aliphatic rings. The van der Waals surface area contributed by atoms with Crippen LogP contribution in [0.15, 0.2) is 35.0 Å². The molecule has 0 radical (unpaired) electrons. The fraction of sp³-hybridized carbons (Fsp3) is 0.0833. The second-order valence-corrected chi connectivity index (χ2v) is 4.46. The Morgan fingerprint density at radius 3 is 2.62 bits per heavy atom. The molecule has 0 aliphatic heterocycles. The van der Waals surface area contributed by atoms with Crippen molar-refractivity contribution in [1.82, 2.24) is 15.1 Å². The van der Waals surface area contributed by atoms with E-state index in [1.165, 1.54) is 12.3 Å². The minimum Gasteiger partial charge on any atom is -0.336 e. The fourth-order valence-corrected chi connectivity index (χ4v) is 1.77. The topological polar surface area (TPSA) is 63.8 Å². The lowest BCUT2D eigenvalue weighted by molar-refractivity contribution is -0.141. The van der Waals surface area contributed by atoms with Crippen LogP contribution >= 0.6 is 11.6 Å². The summed E-state index contributed by atoms with van der Waals surface area (Å²) < 4.78 is 42.4. The Bertz CT molecular complexity index is 785. The Hall–Kier alpha value is -2.35. The zero-order valence-electron chi connectivity index (χ0n) is 10.1. The molecule has 5 nitrogen and oxygen atoms in total. The van der Waals surface area contributed by atoms with Gasteiger partial charge in [0.2, 0.25) is 0 Å². The number of alkyl halides is 3. The van der Waals surface area contributed by atoms with Gasteiger partial charge in [-0.2, -0.15) is 13.2 Å². The molecule has 3 aromatic rings. The summed E-state index contributed by atoms with van der Waals surface area (Å²) in [5.74, 6) is 0.246. The van der Waals surface area contributed by atoms with E-state index in [2.05, 4.69) is 20.4 Å². The van der Waals surface area contributed by atoms with Crippen molar-refractivity contribution in [3.63, 3.8) is 0 Å².